The Morgan fingerprint density at radius 1 is 1.44 bits per heavy atom. The van der Waals surface area contributed by atoms with E-state index in [1.165, 1.54) is 7.11 Å². The molecule has 0 radical (unpaired) electrons. The Kier molecular flexibility index (Phi) is 5.25. The Bertz CT molecular complexity index is 1010. The van der Waals surface area contributed by atoms with Gasteiger partial charge in [0.2, 0.25) is 6.54 Å². The van der Waals surface area contributed by atoms with Crippen LogP contribution in [0.25, 0.3) is 21.9 Å². The van der Waals surface area contributed by atoms with E-state index in [-0.39, 0.29) is 13.0 Å². The first kappa shape index (κ1) is 18.6. The molecule has 0 fully saturated rings. The van der Waals surface area contributed by atoms with Gasteiger partial charge in [0.25, 0.3) is 0 Å². The van der Waals surface area contributed by atoms with Gasteiger partial charge in [0.1, 0.15) is 5.58 Å². The predicted molar refractivity (Wildman–Crippen MR) is 98.7 cm³/mol. The Hall–Kier alpha value is -3.16. The second kappa shape index (κ2) is 7.61. The van der Waals surface area contributed by atoms with E-state index in [9.17, 15) is 14.9 Å². The maximum atomic E-state index is 12.1. The number of nitro groups is 1. The number of aromatic nitrogens is 1. The highest BCUT2D eigenvalue weighted by Gasteiger charge is 2.29. The topological polar surface area (TPSA) is 105 Å². The third-order valence-corrected chi connectivity index (χ3v) is 4.47. The zero-order chi connectivity index (χ0) is 19.6. The lowest BCUT2D eigenvalue weighted by molar-refractivity contribution is -0.483. The number of esters is 1. The average molecular weight is 372 g/mol. The summed E-state index contributed by atoms with van der Waals surface area (Å²) in [6.45, 7) is 3.37. The number of hydrogen-bond acceptors (Lipinski definition) is 7. The molecule has 0 amide bonds. The molecule has 0 saturated carbocycles. The quantitative estimate of drug-likeness (QED) is 0.354. The molecule has 2 heterocycles. The molecule has 0 bridgehead atoms. The molecule has 142 valence electrons. The van der Waals surface area contributed by atoms with Gasteiger partial charge in [-0.3, -0.25) is 19.9 Å². The highest BCUT2D eigenvalue weighted by molar-refractivity contribution is 6.09. The lowest BCUT2D eigenvalue weighted by Crippen LogP contribution is -2.19. The van der Waals surface area contributed by atoms with Gasteiger partial charge in [-0.05, 0) is 37.1 Å². The van der Waals surface area contributed by atoms with Crippen LogP contribution in [0.1, 0.15) is 30.4 Å². The maximum absolute atomic E-state index is 12.1. The highest BCUT2D eigenvalue weighted by Crippen LogP contribution is 2.42. The van der Waals surface area contributed by atoms with Gasteiger partial charge in [-0.1, -0.05) is 0 Å². The Morgan fingerprint density at radius 2 is 2.22 bits per heavy atom. The van der Waals surface area contributed by atoms with Gasteiger partial charge in [-0.15, -0.1) is 0 Å². The zero-order valence-electron chi connectivity index (χ0n) is 15.4. The summed E-state index contributed by atoms with van der Waals surface area (Å²) in [5.41, 5.74) is 2.55. The highest BCUT2D eigenvalue weighted by atomic mass is 16.6. The van der Waals surface area contributed by atoms with Gasteiger partial charge in [-0.25, -0.2) is 0 Å². The van der Waals surface area contributed by atoms with Gasteiger partial charge in [0.05, 0.1) is 26.1 Å². The molecular weight excluding hydrogens is 352 g/mol. The van der Waals surface area contributed by atoms with Crippen molar-refractivity contribution in [3.8, 4) is 5.75 Å². The van der Waals surface area contributed by atoms with E-state index in [1.807, 2.05) is 6.92 Å². The number of ether oxygens (including phenoxy) is 2. The number of carbonyl (C=O) groups is 1. The van der Waals surface area contributed by atoms with Crippen LogP contribution in [0.15, 0.2) is 28.9 Å². The summed E-state index contributed by atoms with van der Waals surface area (Å²) in [4.78, 5) is 27.1. The molecule has 3 aromatic rings. The maximum Gasteiger partial charge on any atom is 0.306 e. The number of aryl methyl sites for hydroxylation is 1. The minimum atomic E-state index is -0.659. The standard InChI is InChI=1S/C19H20N2O6/c1-4-26-16(22)8-12(10-21(23)24)17-11(2)7-15(25-3)19-18(17)13-9-20-6-5-14(13)27-19/h5-7,9,12H,4,8,10H2,1-3H3. The Morgan fingerprint density at radius 3 is 2.89 bits per heavy atom. The minimum absolute atomic E-state index is 0.0932. The number of methoxy groups -OCH3 is 1. The van der Waals surface area contributed by atoms with E-state index in [2.05, 4.69) is 4.98 Å². The number of pyridine rings is 1. The third-order valence-electron chi connectivity index (χ3n) is 4.47. The molecule has 27 heavy (non-hydrogen) atoms. The molecule has 1 atom stereocenters. The molecule has 0 aliphatic carbocycles. The fraction of sp³-hybridized carbons (Fsp3) is 0.368. The van der Waals surface area contributed by atoms with Crippen molar-refractivity contribution >= 4 is 27.9 Å². The van der Waals surface area contributed by atoms with Crippen LogP contribution in [-0.4, -0.2) is 36.1 Å². The number of hydrogen-bond donors (Lipinski definition) is 0. The van der Waals surface area contributed by atoms with E-state index < -0.39 is 23.4 Å². The summed E-state index contributed by atoms with van der Waals surface area (Å²) in [5.74, 6) is -0.606. The summed E-state index contributed by atoms with van der Waals surface area (Å²) in [5, 5.41) is 12.7. The fourth-order valence-corrected chi connectivity index (χ4v) is 3.46. The number of carbonyl (C=O) groups excluding carboxylic acids is 1. The first-order valence-electron chi connectivity index (χ1n) is 8.57. The zero-order valence-corrected chi connectivity index (χ0v) is 15.4. The van der Waals surface area contributed by atoms with Crippen molar-refractivity contribution in [1.29, 1.82) is 0 Å². The van der Waals surface area contributed by atoms with Crippen LogP contribution >= 0.6 is 0 Å². The molecule has 0 spiro atoms. The second-order valence-corrected chi connectivity index (χ2v) is 6.21. The molecule has 3 rings (SSSR count). The van der Waals surface area contributed by atoms with Crippen molar-refractivity contribution < 1.29 is 23.6 Å². The van der Waals surface area contributed by atoms with Crippen LogP contribution in [0.2, 0.25) is 0 Å². The smallest absolute Gasteiger partial charge is 0.306 e. The number of rotatable bonds is 7. The summed E-state index contributed by atoms with van der Waals surface area (Å²) < 4.78 is 16.4. The number of fused-ring (bicyclic) bond motifs is 3. The van der Waals surface area contributed by atoms with E-state index in [4.69, 9.17) is 13.9 Å². The van der Waals surface area contributed by atoms with Crippen LogP contribution in [0.3, 0.4) is 0 Å². The lowest BCUT2D eigenvalue weighted by Gasteiger charge is -2.17. The molecule has 1 unspecified atom stereocenters. The predicted octanol–water partition coefficient (Wildman–Crippen LogP) is 3.61. The SMILES string of the molecule is CCOC(=O)CC(C[N+](=O)[O-])c1c(C)cc(OC)c2oc3ccncc3c12. The lowest BCUT2D eigenvalue weighted by atomic mass is 9.88. The monoisotopic (exact) mass is 372 g/mol. The number of benzene rings is 1. The molecule has 8 heteroatoms. The normalized spacial score (nSPS) is 12.3. The van der Waals surface area contributed by atoms with Gasteiger partial charge < -0.3 is 13.9 Å². The fourth-order valence-electron chi connectivity index (χ4n) is 3.46. The molecule has 0 N–H and O–H groups in total. The van der Waals surface area contributed by atoms with Crippen molar-refractivity contribution in [2.75, 3.05) is 20.3 Å². The van der Waals surface area contributed by atoms with E-state index in [0.717, 1.165) is 10.9 Å². The first-order chi connectivity index (χ1) is 13.0. The van der Waals surface area contributed by atoms with Crippen molar-refractivity contribution in [2.45, 2.75) is 26.2 Å². The van der Waals surface area contributed by atoms with Crippen molar-refractivity contribution in [3.05, 3.63) is 45.8 Å². The van der Waals surface area contributed by atoms with Crippen LogP contribution in [-0.2, 0) is 9.53 Å². The van der Waals surface area contributed by atoms with Crippen LogP contribution in [0, 0.1) is 17.0 Å². The van der Waals surface area contributed by atoms with E-state index in [0.29, 0.717) is 27.9 Å². The summed E-state index contributed by atoms with van der Waals surface area (Å²) in [6.07, 6.45) is 3.16. The van der Waals surface area contributed by atoms with Gasteiger partial charge in [-0.2, -0.15) is 0 Å². The van der Waals surface area contributed by atoms with Crippen LogP contribution in [0.4, 0.5) is 0 Å². The van der Waals surface area contributed by atoms with Crippen LogP contribution in [0.5, 0.6) is 5.75 Å². The van der Waals surface area contributed by atoms with Crippen molar-refractivity contribution in [3.63, 3.8) is 0 Å². The molecule has 2 aromatic heterocycles. The average Bonchev–Trinajstić information content (AvgIpc) is 3.00. The van der Waals surface area contributed by atoms with E-state index in [1.54, 1.807) is 31.5 Å². The summed E-state index contributed by atoms with van der Waals surface area (Å²) in [6, 6.07) is 3.49. The van der Waals surface area contributed by atoms with Crippen molar-refractivity contribution in [2.24, 2.45) is 0 Å². The Labute approximate surface area is 155 Å². The number of nitrogens with zero attached hydrogens (tertiary/aromatic N) is 2. The largest absolute Gasteiger partial charge is 0.493 e. The molecule has 8 nitrogen and oxygen atoms in total. The molecule has 1 aromatic carbocycles. The molecule has 0 saturated heterocycles. The first-order valence-corrected chi connectivity index (χ1v) is 8.57. The van der Waals surface area contributed by atoms with Crippen LogP contribution < -0.4 is 4.74 Å². The minimum Gasteiger partial charge on any atom is -0.493 e. The van der Waals surface area contributed by atoms with Gasteiger partial charge in [0.15, 0.2) is 11.3 Å². The van der Waals surface area contributed by atoms with Gasteiger partial charge >= 0.3 is 5.97 Å². The second-order valence-electron chi connectivity index (χ2n) is 6.21. The third kappa shape index (κ3) is 3.55. The van der Waals surface area contributed by atoms with Crippen molar-refractivity contribution in [1.82, 2.24) is 4.98 Å². The molecular formula is C19H20N2O6. The number of furan rings is 1. The summed E-state index contributed by atoms with van der Waals surface area (Å²) >= 11 is 0. The molecule has 0 aliphatic heterocycles. The van der Waals surface area contributed by atoms with E-state index >= 15 is 0 Å². The summed E-state index contributed by atoms with van der Waals surface area (Å²) in [7, 11) is 1.53. The molecule has 0 aliphatic rings. The Balaban J connectivity index is 2.27. The van der Waals surface area contributed by atoms with Gasteiger partial charge in [0, 0.05) is 28.1 Å².